The molecule has 56 valence electrons. The van der Waals surface area contributed by atoms with Crippen molar-refractivity contribution in [2.75, 3.05) is 0 Å². The zero-order valence-corrected chi connectivity index (χ0v) is 13.5. The number of hydrogen-bond donors (Lipinski definition) is 0. The van der Waals surface area contributed by atoms with Crippen molar-refractivity contribution in [1.82, 2.24) is 0 Å². The Hall–Kier alpha value is 3.52. The largest absolute Gasteiger partial charge is 1.00 e. The zero-order chi connectivity index (χ0) is 5.45. The third kappa shape index (κ3) is 103. The van der Waals surface area contributed by atoms with Crippen LogP contribution in [0, 0.1) is 0 Å². The molecule has 0 aliphatic carbocycles. The van der Waals surface area contributed by atoms with Gasteiger partial charge in [0.25, 0.3) is 0 Å². The van der Waals surface area contributed by atoms with E-state index in [2.05, 4.69) is 0 Å². The molecule has 0 heterocycles. The van der Waals surface area contributed by atoms with Crippen LogP contribution >= 0.6 is 0 Å². The molecule has 0 amide bonds. The molecule has 0 fully saturated rings. The van der Waals surface area contributed by atoms with Gasteiger partial charge in [-0.15, -0.1) is 0 Å². The summed E-state index contributed by atoms with van der Waals surface area (Å²) >= 11 is -9.19. The van der Waals surface area contributed by atoms with Crippen LogP contribution in [-0.2, 0) is 18.5 Å². The first-order valence-electron chi connectivity index (χ1n) is 0.845. The van der Waals surface area contributed by atoms with Crippen LogP contribution in [0.15, 0.2) is 0 Å². The Balaban J connectivity index is -0.0000000208. The van der Waals surface area contributed by atoms with E-state index < -0.39 is 18.5 Å². The van der Waals surface area contributed by atoms with E-state index in [1.54, 1.807) is 0 Å². The van der Waals surface area contributed by atoms with Gasteiger partial charge in [-0.2, -0.15) is 0 Å². The van der Waals surface area contributed by atoms with Crippen LogP contribution < -0.4 is 112 Å². The fourth-order valence-electron chi connectivity index (χ4n) is 0. The van der Waals surface area contributed by atoms with E-state index in [4.69, 9.17) is 0 Å². The van der Waals surface area contributed by atoms with E-state index in [1.807, 2.05) is 0 Å². The maximum absolute atomic E-state index is 9.91. The topological polar surface area (TPSA) is 0 Å². The second kappa shape index (κ2) is 9.09. The van der Waals surface area contributed by atoms with Gasteiger partial charge < -0.3 is 9.41 Å². The van der Waals surface area contributed by atoms with Crippen LogP contribution in [0.2, 0.25) is 0 Å². The molecule has 0 bridgehead atoms. The molecular weight excluding hydrogens is 304 g/mol. The number of hydrogen-bond acceptors (Lipinski definition) is 0. The van der Waals surface area contributed by atoms with Crippen molar-refractivity contribution in [3.8, 4) is 0 Å². The quantitative estimate of drug-likeness (QED) is 0.308. The van der Waals surface area contributed by atoms with Crippen LogP contribution in [0.1, 0.15) is 0 Å². The van der Waals surface area contributed by atoms with Crippen molar-refractivity contribution >= 4 is 0 Å². The summed E-state index contributed by atoms with van der Waals surface area (Å²) in [5, 5.41) is 0. The fraction of sp³-hybridized carbons (Fsp3) is 0. The first kappa shape index (κ1) is 29.2. The summed E-state index contributed by atoms with van der Waals surface area (Å²) in [6.45, 7) is 0. The van der Waals surface area contributed by atoms with Gasteiger partial charge in [-0.05, 0) is 0 Å². The summed E-state index contributed by atoms with van der Waals surface area (Å²) in [5.41, 5.74) is 0. The van der Waals surface area contributed by atoms with E-state index in [9.17, 15) is 15.1 Å². The Morgan fingerprint density at radius 2 is 0.600 bits per heavy atom. The van der Waals surface area contributed by atoms with Crippen molar-refractivity contribution in [3.63, 3.8) is 0 Å². The monoisotopic (exact) mass is 304 g/mol. The normalized spacial score (nSPS) is 11.5. The van der Waals surface area contributed by atoms with E-state index in [-0.39, 0.29) is 112 Å². The Morgan fingerprint density at radius 3 is 0.600 bits per heavy atom. The van der Waals surface area contributed by atoms with Gasteiger partial charge in [-0.1, -0.05) is 0 Å². The molecule has 0 saturated heterocycles. The molecule has 0 aromatic rings. The van der Waals surface area contributed by atoms with Gasteiger partial charge in [-0.25, -0.2) is 0 Å². The minimum Gasteiger partial charge on any atom is 1.00 e. The predicted molar refractivity (Wildman–Crippen MR) is 5.54 cm³/mol. The average Bonchev–Trinajstić information content (AvgIpc) is 0.650. The van der Waals surface area contributed by atoms with Gasteiger partial charge in [0.15, 0.2) is 0 Å². The smallest absolute Gasteiger partial charge is 1.00 e. The summed E-state index contributed by atoms with van der Waals surface area (Å²) in [7, 11) is 0. The predicted octanol–water partition coefficient (Wildman–Crippen LogP) is -9.89. The Kier molecular flexibility index (Phi) is 26.5. The summed E-state index contributed by atoms with van der Waals surface area (Å²) in [4.78, 5) is 0. The molecule has 0 rings (SSSR count). The molecular formula is F7K2Nb. The Labute approximate surface area is 142 Å². The molecule has 10 heavy (non-hydrogen) atoms. The second-order valence-corrected chi connectivity index (χ2v) is 3.78. The van der Waals surface area contributed by atoms with Gasteiger partial charge in [0.2, 0.25) is 0 Å². The van der Waals surface area contributed by atoms with E-state index in [0.29, 0.717) is 0 Å². The summed E-state index contributed by atoms with van der Waals surface area (Å²) in [6.07, 6.45) is 0. The molecule has 0 N–H and O–H groups in total. The van der Waals surface area contributed by atoms with Crippen molar-refractivity contribution in [1.29, 1.82) is 0 Å². The third-order valence-electron chi connectivity index (χ3n) is 0. The first-order valence-corrected chi connectivity index (χ1v) is 5.00. The molecule has 10 heteroatoms. The Bertz CT molecular complexity index is 44.8. The minimum absolute atomic E-state index is 0. The standard InChI is InChI=1S/7FH.2K.Nb/h7*1H;;;/q;;;;;;;2*+1;+5/p-7. The molecule has 0 aromatic carbocycles. The molecule has 0 aliphatic rings. The molecule has 0 nitrogen and oxygen atoms in total. The second-order valence-electron chi connectivity index (χ2n) is 0.639. The van der Waals surface area contributed by atoms with E-state index in [1.165, 1.54) is 0 Å². The van der Waals surface area contributed by atoms with Crippen LogP contribution in [0.4, 0.5) is 15.1 Å². The maximum Gasteiger partial charge on any atom is 1.00 e. The van der Waals surface area contributed by atoms with E-state index >= 15 is 0 Å². The fourth-order valence-corrected chi connectivity index (χ4v) is 0. The third-order valence-corrected chi connectivity index (χ3v) is 0. The first-order chi connectivity index (χ1) is 2.24. The molecule has 0 radical (unpaired) electrons. The van der Waals surface area contributed by atoms with Crippen LogP contribution in [-0.4, -0.2) is 0 Å². The van der Waals surface area contributed by atoms with Crippen molar-refractivity contribution < 1.29 is 146 Å². The molecule has 0 atom stereocenters. The van der Waals surface area contributed by atoms with Gasteiger partial charge in [0.1, 0.15) is 0 Å². The van der Waals surface area contributed by atoms with Gasteiger partial charge in [0.05, 0.1) is 0 Å². The van der Waals surface area contributed by atoms with Crippen molar-refractivity contribution in [2.45, 2.75) is 0 Å². The average molecular weight is 304 g/mol. The summed E-state index contributed by atoms with van der Waals surface area (Å²) < 4.78 is 49.6. The molecule has 0 spiro atoms. The Morgan fingerprint density at radius 1 is 0.600 bits per heavy atom. The van der Waals surface area contributed by atoms with Crippen LogP contribution in [0.5, 0.6) is 0 Å². The SMILES string of the molecule is [F-].[F-].[F][Nb]([F])([F])([F])[F].[K+].[K+]. The van der Waals surface area contributed by atoms with Crippen molar-refractivity contribution in [2.24, 2.45) is 0 Å². The number of rotatable bonds is 0. The van der Waals surface area contributed by atoms with Crippen molar-refractivity contribution in [3.05, 3.63) is 0 Å². The molecule has 0 unspecified atom stereocenters. The van der Waals surface area contributed by atoms with E-state index in [0.717, 1.165) is 0 Å². The minimum atomic E-state index is -9.19. The zero-order valence-electron chi connectivity index (χ0n) is 5.09. The molecule has 0 aromatic heterocycles. The van der Waals surface area contributed by atoms with Crippen LogP contribution in [0.25, 0.3) is 0 Å². The molecule has 0 saturated carbocycles. The maximum atomic E-state index is 9.91. The summed E-state index contributed by atoms with van der Waals surface area (Å²) in [6, 6.07) is 0. The number of halogens is 7. The van der Waals surface area contributed by atoms with Gasteiger partial charge in [0, 0.05) is 0 Å². The molecule has 0 aliphatic heterocycles. The summed E-state index contributed by atoms with van der Waals surface area (Å²) in [5.74, 6) is 0. The van der Waals surface area contributed by atoms with Gasteiger partial charge in [-0.3, -0.25) is 0 Å². The van der Waals surface area contributed by atoms with Gasteiger partial charge >= 0.3 is 136 Å². The van der Waals surface area contributed by atoms with Crippen LogP contribution in [0.3, 0.4) is 0 Å².